The monoisotopic (exact) mass is 239 g/mol. The number of hydrogen-bond acceptors (Lipinski definition) is 4. The molecular formula is C10H17N5S. The van der Waals surface area contributed by atoms with Crippen LogP contribution in [0.4, 0.5) is 5.82 Å². The number of nitrogens with zero attached hydrogens (tertiary/aromatic N) is 3. The molecule has 16 heavy (non-hydrogen) atoms. The van der Waals surface area contributed by atoms with Crippen molar-refractivity contribution in [2.45, 2.75) is 6.92 Å². The van der Waals surface area contributed by atoms with Crippen LogP contribution in [0.3, 0.4) is 0 Å². The summed E-state index contributed by atoms with van der Waals surface area (Å²) >= 11 is 1.96. The number of nitrogens with two attached hydrogens (primary N) is 1. The molecule has 0 radical (unpaired) electrons. The second-order valence-corrected chi connectivity index (χ2v) is 5.15. The van der Waals surface area contributed by atoms with Crippen LogP contribution in [0.5, 0.6) is 0 Å². The molecule has 1 aromatic heterocycles. The van der Waals surface area contributed by atoms with Crippen LogP contribution < -0.4 is 10.6 Å². The van der Waals surface area contributed by atoms with Gasteiger partial charge in [-0.15, -0.1) is 0 Å². The second kappa shape index (κ2) is 4.37. The molecule has 0 saturated carbocycles. The van der Waals surface area contributed by atoms with Crippen molar-refractivity contribution >= 4 is 23.4 Å². The van der Waals surface area contributed by atoms with Gasteiger partial charge in [0, 0.05) is 31.6 Å². The maximum Gasteiger partial charge on any atom is 0.137 e. The van der Waals surface area contributed by atoms with Crippen LogP contribution in [0.1, 0.15) is 11.3 Å². The summed E-state index contributed by atoms with van der Waals surface area (Å²) in [7, 11) is 1.91. The Morgan fingerprint density at radius 2 is 2.06 bits per heavy atom. The van der Waals surface area contributed by atoms with Crippen molar-refractivity contribution in [3.05, 3.63) is 11.3 Å². The Morgan fingerprint density at radius 1 is 1.44 bits per heavy atom. The highest BCUT2D eigenvalue weighted by atomic mass is 32.2. The number of nitrogen functional groups attached to an aromatic ring is 1. The fraction of sp³-hybridized carbons (Fsp3) is 0.600. The second-order valence-electron chi connectivity index (χ2n) is 3.92. The third kappa shape index (κ3) is 1.89. The van der Waals surface area contributed by atoms with Crippen LogP contribution >= 0.6 is 11.8 Å². The van der Waals surface area contributed by atoms with E-state index < -0.39 is 0 Å². The zero-order valence-electron chi connectivity index (χ0n) is 9.66. The number of thioether (sulfide) groups is 1. The van der Waals surface area contributed by atoms with E-state index in [9.17, 15) is 0 Å². The van der Waals surface area contributed by atoms with Crippen molar-refractivity contribution in [1.29, 1.82) is 5.41 Å². The molecule has 2 rings (SSSR count). The van der Waals surface area contributed by atoms with E-state index in [0.29, 0.717) is 0 Å². The van der Waals surface area contributed by atoms with Gasteiger partial charge in [-0.25, -0.2) is 0 Å². The topological polar surface area (TPSA) is 70.9 Å². The molecule has 0 aliphatic carbocycles. The average molecular weight is 239 g/mol. The molecule has 88 valence electrons. The lowest BCUT2D eigenvalue weighted by atomic mass is 10.2. The predicted molar refractivity (Wildman–Crippen MR) is 68.5 cm³/mol. The number of hydrogen-bond donors (Lipinski definition) is 2. The number of aryl methyl sites for hydroxylation is 2. The summed E-state index contributed by atoms with van der Waals surface area (Å²) in [6, 6.07) is 0. The number of aromatic nitrogens is 2. The SMILES string of the molecule is Cc1nn(C)c(N2CCSCC2)c1C(=N)N. The van der Waals surface area contributed by atoms with Gasteiger partial charge >= 0.3 is 0 Å². The zero-order chi connectivity index (χ0) is 11.7. The molecule has 1 fully saturated rings. The highest BCUT2D eigenvalue weighted by molar-refractivity contribution is 7.99. The standard InChI is InChI=1S/C10H17N5S/c1-7-8(9(11)12)10(14(2)13-7)15-3-5-16-6-4-15/h3-6H2,1-2H3,(H3,11,12). The zero-order valence-corrected chi connectivity index (χ0v) is 10.5. The van der Waals surface area contributed by atoms with Crippen molar-refractivity contribution in [3.63, 3.8) is 0 Å². The fourth-order valence-electron chi connectivity index (χ4n) is 2.10. The smallest absolute Gasteiger partial charge is 0.137 e. The Balaban J connectivity index is 2.41. The van der Waals surface area contributed by atoms with Gasteiger partial charge in [-0.3, -0.25) is 10.1 Å². The van der Waals surface area contributed by atoms with Gasteiger partial charge in [-0.05, 0) is 6.92 Å². The molecular weight excluding hydrogens is 222 g/mol. The van der Waals surface area contributed by atoms with Crippen LogP contribution in [0.15, 0.2) is 0 Å². The number of amidine groups is 1. The van der Waals surface area contributed by atoms with E-state index in [2.05, 4.69) is 10.00 Å². The predicted octanol–water partition coefficient (Wildman–Crippen LogP) is 0.566. The van der Waals surface area contributed by atoms with Gasteiger partial charge < -0.3 is 10.6 Å². The normalized spacial score (nSPS) is 16.5. The highest BCUT2D eigenvalue weighted by Crippen LogP contribution is 2.25. The molecule has 0 spiro atoms. The quantitative estimate of drug-likeness (QED) is 0.584. The van der Waals surface area contributed by atoms with Crippen LogP contribution in [0.25, 0.3) is 0 Å². The molecule has 0 unspecified atom stereocenters. The molecule has 1 aromatic rings. The van der Waals surface area contributed by atoms with E-state index >= 15 is 0 Å². The van der Waals surface area contributed by atoms with Gasteiger partial charge in [0.05, 0.1) is 11.3 Å². The largest absolute Gasteiger partial charge is 0.384 e. The third-order valence-electron chi connectivity index (χ3n) is 2.77. The molecule has 1 aliphatic heterocycles. The first kappa shape index (κ1) is 11.3. The first-order chi connectivity index (χ1) is 7.61. The minimum Gasteiger partial charge on any atom is -0.384 e. The lowest BCUT2D eigenvalue weighted by Crippen LogP contribution is -2.35. The van der Waals surface area contributed by atoms with Crippen molar-refractivity contribution in [2.24, 2.45) is 12.8 Å². The molecule has 5 nitrogen and oxygen atoms in total. The van der Waals surface area contributed by atoms with Crippen LogP contribution in [-0.2, 0) is 7.05 Å². The van der Waals surface area contributed by atoms with Crippen molar-refractivity contribution in [2.75, 3.05) is 29.5 Å². The molecule has 0 atom stereocenters. The van der Waals surface area contributed by atoms with Crippen LogP contribution in [-0.4, -0.2) is 40.2 Å². The van der Waals surface area contributed by atoms with E-state index in [1.807, 2.05) is 30.4 Å². The Bertz CT molecular complexity index is 406. The Kier molecular flexibility index (Phi) is 3.09. The number of rotatable bonds is 2. The summed E-state index contributed by atoms with van der Waals surface area (Å²) in [5, 5.41) is 12.0. The summed E-state index contributed by atoms with van der Waals surface area (Å²) < 4.78 is 1.84. The number of anilines is 1. The van der Waals surface area contributed by atoms with Gasteiger partial charge in [0.15, 0.2) is 0 Å². The molecule has 0 aromatic carbocycles. The van der Waals surface area contributed by atoms with Crippen LogP contribution in [0.2, 0.25) is 0 Å². The van der Waals surface area contributed by atoms with Crippen molar-refractivity contribution in [3.8, 4) is 0 Å². The van der Waals surface area contributed by atoms with Gasteiger partial charge in [0.2, 0.25) is 0 Å². The average Bonchev–Trinajstić information content (AvgIpc) is 2.55. The minimum atomic E-state index is 0.110. The molecule has 0 amide bonds. The molecule has 1 aliphatic rings. The third-order valence-corrected chi connectivity index (χ3v) is 3.71. The summed E-state index contributed by atoms with van der Waals surface area (Å²) in [5.41, 5.74) is 7.26. The Labute approximate surface area is 99.5 Å². The molecule has 3 N–H and O–H groups in total. The van der Waals surface area contributed by atoms with Gasteiger partial charge in [0.1, 0.15) is 11.7 Å². The van der Waals surface area contributed by atoms with Crippen LogP contribution in [0, 0.1) is 12.3 Å². The maximum absolute atomic E-state index is 7.64. The summed E-state index contributed by atoms with van der Waals surface area (Å²) in [6.45, 7) is 3.91. The first-order valence-electron chi connectivity index (χ1n) is 5.32. The van der Waals surface area contributed by atoms with E-state index in [-0.39, 0.29) is 5.84 Å². The minimum absolute atomic E-state index is 0.110. The fourth-order valence-corrected chi connectivity index (χ4v) is 3.00. The lowest BCUT2D eigenvalue weighted by Gasteiger charge is -2.29. The van der Waals surface area contributed by atoms with E-state index in [1.54, 1.807) is 0 Å². The van der Waals surface area contributed by atoms with Gasteiger partial charge in [-0.2, -0.15) is 16.9 Å². The van der Waals surface area contributed by atoms with Gasteiger partial charge in [-0.1, -0.05) is 0 Å². The van der Waals surface area contributed by atoms with Crippen molar-refractivity contribution in [1.82, 2.24) is 9.78 Å². The summed E-state index contributed by atoms with van der Waals surface area (Å²) in [4.78, 5) is 2.27. The lowest BCUT2D eigenvalue weighted by molar-refractivity contribution is 0.714. The molecule has 0 bridgehead atoms. The number of nitrogens with one attached hydrogen (secondary N) is 1. The molecule has 1 saturated heterocycles. The van der Waals surface area contributed by atoms with Crippen molar-refractivity contribution < 1.29 is 0 Å². The van der Waals surface area contributed by atoms with E-state index in [0.717, 1.165) is 41.7 Å². The Morgan fingerprint density at radius 3 is 2.62 bits per heavy atom. The Hall–Kier alpha value is -1.17. The molecule has 2 heterocycles. The first-order valence-corrected chi connectivity index (χ1v) is 6.47. The van der Waals surface area contributed by atoms with E-state index in [4.69, 9.17) is 11.1 Å². The highest BCUT2D eigenvalue weighted by Gasteiger charge is 2.22. The van der Waals surface area contributed by atoms with Gasteiger partial charge in [0.25, 0.3) is 0 Å². The summed E-state index contributed by atoms with van der Waals surface area (Å²) in [6.07, 6.45) is 0. The summed E-state index contributed by atoms with van der Waals surface area (Å²) in [5.74, 6) is 3.35. The molecule has 6 heteroatoms. The van der Waals surface area contributed by atoms with E-state index in [1.165, 1.54) is 0 Å². The maximum atomic E-state index is 7.64.